The number of hydrogen-bond donors (Lipinski definition) is 1. The predicted molar refractivity (Wildman–Crippen MR) is 73.6 cm³/mol. The molecule has 1 aliphatic carbocycles. The van der Waals surface area contributed by atoms with Crippen molar-refractivity contribution >= 4 is 0 Å². The summed E-state index contributed by atoms with van der Waals surface area (Å²) in [5, 5.41) is 10.1. The Kier molecular flexibility index (Phi) is 4.22. The lowest BCUT2D eigenvalue weighted by atomic mass is 9.86. The molecule has 3 heteroatoms. The van der Waals surface area contributed by atoms with E-state index in [-0.39, 0.29) is 6.10 Å². The molecule has 3 unspecified atom stereocenters. The Hall–Kier alpha value is -0.120. The lowest BCUT2D eigenvalue weighted by Crippen LogP contribution is -2.39. The van der Waals surface area contributed by atoms with E-state index in [4.69, 9.17) is 0 Å². The minimum Gasteiger partial charge on any atom is -0.393 e. The van der Waals surface area contributed by atoms with Crippen molar-refractivity contribution in [2.24, 2.45) is 5.92 Å². The fraction of sp³-hybridized carbons (Fsp3) is 1.00. The summed E-state index contributed by atoms with van der Waals surface area (Å²) >= 11 is 0. The molecule has 0 spiro atoms. The monoisotopic (exact) mass is 252 g/mol. The molecule has 104 valence electrons. The van der Waals surface area contributed by atoms with E-state index in [1.54, 1.807) is 0 Å². The van der Waals surface area contributed by atoms with E-state index in [1.807, 2.05) is 0 Å². The summed E-state index contributed by atoms with van der Waals surface area (Å²) in [7, 11) is 0. The third-order valence-corrected chi connectivity index (χ3v) is 5.27. The molecule has 1 N–H and O–H groups in total. The fourth-order valence-corrected chi connectivity index (χ4v) is 4.12. The molecule has 18 heavy (non-hydrogen) atoms. The molecule has 0 radical (unpaired) electrons. The van der Waals surface area contributed by atoms with Crippen molar-refractivity contribution in [3.63, 3.8) is 0 Å². The minimum atomic E-state index is -0.0235. The summed E-state index contributed by atoms with van der Waals surface area (Å²) in [6.07, 6.45) is 8.96. The highest BCUT2D eigenvalue weighted by Gasteiger charge is 2.32. The summed E-state index contributed by atoms with van der Waals surface area (Å²) < 4.78 is 0. The first-order chi connectivity index (χ1) is 8.83. The van der Waals surface area contributed by atoms with Gasteiger partial charge in [0.05, 0.1) is 6.10 Å². The smallest absolute Gasteiger partial charge is 0.0580 e. The number of likely N-dealkylation sites (tertiary alicyclic amines) is 2. The Morgan fingerprint density at radius 1 is 0.889 bits per heavy atom. The highest BCUT2D eigenvalue weighted by molar-refractivity contribution is 4.87. The third kappa shape index (κ3) is 2.89. The van der Waals surface area contributed by atoms with Crippen molar-refractivity contribution < 1.29 is 5.11 Å². The van der Waals surface area contributed by atoms with Gasteiger partial charge in [0.1, 0.15) is 0 Å². The van der Waals surface area contributed by atoms with Crippen LogP contribution in [0.25, 0.3) is 0 Å². The molecule has 3 rings (SSSR count). The summed E-state index contributed by atoms with van der Waals surface area (Å²) in [6.45, 7) is 6.30. The van der Waals surface area contributed by atoms with Crippen molar-refractivity contribution in [3.8, 4) is 0 Å². The van der Waals surface area contributed by atoms with Gasteiger partial charge in [-0.2, -0.15) is 0 Å². The average Bonchev–Trinajstić information content (AvgIpc) is 3.02. The molecule has 0 amide bonds. The van der Waals surface area contributed by atoms with Crippen molar-refractivity contribution in [1.82, 2.24) is 9.80 Å². The van der Waals surface area contributed by atoms with Gasteiger partial charge in [-0.05, 0) is 57.7 Å². The van der Waals surface area contributed by atoms with Crippen LogP contribution >= 0.6 is 0 Å². The van der Waals surface area contributed by atoms with E-state index < -0.39 is 0 Å². The molecule has 1 saturated carbocycles. The molecule has 3 aliphatic rings. The first-order valence-corrected chi connectivity index (χ1v) is 7.97. The Morgan fingerprint density at radius 2 is 1.67 bits per heavy atom. The summed E-state index contributed by atoms with van der Waals surface area (Å²) in [5.74, 6) is 0.552. The Bertz CT molecular complexity index is 265. The second-order valence-corrected chi connectivity index (χ2v) is 6.56. The van der Waals surface area contributed by atoms with Gasteiger partial charge in [-0.1, -0.05) is 12.8 Å². The van der Waals surface area contributed by atoms with Gasteiger partial charge >= 0.3 is 0 Å². The van der Waals surface area contributed by atoms with Crippen LogP contribution in [0.5, 0.6) is 0 Å². The van der Waals surface area contributed by atoms with Gasteiger partial charge in [0.15, 0.2) is 0 Å². The molecule has 0 aromatic rings. The summed E-state index contributed by atoms with van der Waals surface area (Å²) in [4.78, 5) is 5.31. The van der Waals surface area contributed by atoms with E-state index in [2.05, 4.69) is 9.80 Å². The topological polar surface area (TPSA) is 26.7 Å². The van der Waals surface area contributed by atoms with Gasteiger partial charge in [0.2, 0.25) is 0 Å². The number of rotatable bonds is 3. The second-order valence-electron chi connectivity index (χ2n) is 6.56. The van der Waals surface area contributed by atoms with E-state index in [0.717, 1.165) is 19.0 Å². The van der Waals surface area contributed by atoms with Crippen LogP contribution in [0.4, 0.5) is 0 Å². The molecule has 2 aliphatic heterocycles. The van der Waals surface area contributed by atoms with Gasteiger partial charge in [0.25, 0.3) is 0 Å². The molecule has 0 aromatic heterocycles. The summed E-state index contributed by atoms with van der Waals surface area (Å²) in [5.41, 5.74) is 0. The van der Waals surface area contributed by atoms with Crippen LogP contribution in [-0.2, 0) is 0 Å². The highest BCUT2D eigenvalue weighted by Crippen LogP contribution is 2.27. The molecule has 2 saturated heterocycles. The minimum absolute atomic E-state index is 0.0235. The standard InChI is InChI=1S/C15H28N2O/c18-15-6-2-1-5-13(15)11-16-10-7-14(12-16)17-8-3-4-9-17/h13-15,18H,1-12H2. The van der Waals surface area contributed by atoms with Gasteiger partial charge in [-0.3, -0.25) is 4.90 Å². The van der Waals surface area contributed by atoms with Gasteiger partial charge < -0.3 is 10.0 Å². The van der Waals surface area contributed by atoms with Crippen LogP contribution in [0, 0.1) is 5.92 Å². The zero-order chi connectivity index (χ0) is 12.4. The maximum absolute atomic E-state index is 10.1. The van der Waals surface area contributed by atoms with E-state index in [0.29, 0.717) is 5.92 Å². The maximum Gasteiger partial charge on any atom is 0.0580 e. The molecule has 0 bridgehead atoms. The lowest BCUT2D eigenvalue weighted by Gasteiger charge is -2.31. The first-order valence-electron chi connectivity index (χ1n) is 7.97. The van der Waals surface area contributed by atoms with Crippen molar-refractivity contribution in [1.29, 1.82) is 0 Å². The average molecular weight is 252 g/mol. The third-order valence-electron chi connectivity index (χ3n) is 5.27. The largest absolute Gasteiger partial charge is 0.393 e. The van der Waals surface area contributed by atoms with Crippen LogP contribution < -0.4 is 0 Å². The Morgan fingerprint density at radius 3 is 2.44 bits per heavy atom. The normalized spacial score (nSPS) is 39.5. The predicted octanol–water partition coefficient (Wildman–Crippen LogP) is 1.71. The van der Waals surface area contributed by atoms with Gasteiger partial charge in [-0.15, -0.1) is 0 Å². The van der Waals surface area contributed by atoms with E-state index in [9.17, 15) is 5.11 Å². The van der Waals surface area contributed by atoms with Gasteiger partial charge in [0, 0.05) is 19.1 Å². The number of nitrogens with zero attached hydrogens (tertiary/aromatic N) is 2. The highest BCUT2D eigenvalue weighted by atomic mass is 16.3. The van der Waals surface area contributed by atoms with Crippen LogP contribution in [0.15, 0.2) is 0 Å². The molecule has 3 atom stereocenters. The number of hydrogen-bond acceptors (Lipinski definition) is 3. The van der Waals surface area contributed by atoms with Crippen LogP contribution in [0.2, 0.25) is 0 Å². The molecule has 2 heterocycles. The van der Waals surface area contributed by atoms with E-state index >= 15 is 0 Å². The zero-order valence-corrected chi connectivity index (χ0v) is 11.6. The van der Waals surface area contributed by atoms with Crippen LogP contribution in [0.1, 0.15) is 44.9 Å². The second kappa shape index (κ2) is 5.89. The molecule has 3 nitrogen and oxygen atoms in total. The SMILES string of the molecule is OC1CCCCC1CN1CCC(N2CCCC2)C1. The Balaban J connectivity index is 1.46. The zero-order valence-electron chi connectivity index (χ0n) is 11.6. The van der Waals surface area contributed by atoms with E-state index in [1.165, 1.54) is 64.7 Å². The first kappa shape index (κ1) is 12.9. The molecular formula is C15H28N2O. The van der Waals surface area contributed by atoms with Crippen molar-refractivity contribution in [2.75, 3.05) is 32.7 Å². The Labute approximate surface area is 111 Å². The maximum atomic E-state index is 10.1. The van der Waals surface area contributed by atoms with Crippen LogP contribution in [-0.4, -0.2) is 59.8 Å². The lowest BCUT2D eigenvalue weighted by molar-refractivity contribution is 0.0497. The van der Waals surface area contributed by atoms with Crippen molar-refractivity contribution in [2.45, 2.75) is 57.1 Å². The molecule has 3 fully saturated rings. The molecular weight excluding hydrogens is 224 g/mol. The van der Waals surface area contributed by atoms with Crippen LogP contribution in [0.3, 0.4) is 0 Å². The summed E-state index contributed by atoms with van der Waals surface area (Å²) in [6, 6.07) is 0.813. The quantitative estimate of drug-likeness (QED) is 0.828. The number of aliphatic hydroxyl groups excluding tert-OH is 1. The fourth-order valence-electron chi connectivity index (χ4n) is 4.12. The number of aliphatic hydroxyl groups is 1. The van der Waals surface area contributed by atoms with Gasteiger partial charge in [-0.25, -0.2) is 0 Å². The molecule has 0 aromatic carbocycles. The van der Waals surface area contributed by atoms with Crippen molar-refractivity contribution in [3.05, 3.63) is 0 Å².